The van der Waals surface area contributed by atoms with Gasteiger partial charge in [-0.25, -0.2) is 16.8 Å². The molecule has 0 fully saturated rings. The SMILES string of the molecule is C[C@H](CCc1ccccc1)N(S(=O)(=O)c1ccc([N+](=O)[O-])cc1)S(=O)(=O)c1ccc([N+](=O)[O-])cc1. The first kappa shape index (κ1) is 25.9. The first-order valence-corrected chi connectivity index (χ1v) is 13.1. The topological polar surface area (TPSA) is 158 Å². The second-order valence-electron chi connectivity index (χ2n) is 7.61. The Morgan fingerprint density at radius 1 is 0.714 bits per heavy atom. The first-order valence-electron chi connectivity index (χ1n) is 10.3. The van der Waals surface area contributed by atoms with Gasteiger partial charge in [0.1, 0.15) is 0 Å². The first-order chi connectivity index (χ1) is 16.4. The Hall–Kier alpha value is -3.68. The maximum atomic E-state index is 13.5. The van der Waals surface area contributed by atoms with Crippen molar-refractivity contribution in [1.29, 1.82) is 0 Å². The summed E-state index contributed by atoms with van der Waals surface area (Å²) in [4.78, 5) is 19.6. The van der Waals surface area contributed by atoms with Crippen molar-refractivity contribution in [3.05, 3.63) is 105 Å². The third-order valence-corrected chi connectivity index (χ3v) is 9.80. The number of nitro benzene ring substituents is 2. The molecular weight excluding hydrogens is 498 g/mol. The van der Waals surface area contributed by atoms with Crippen LogP contribution in [-0.4, -0.2) is 36.4 Å². The van der Waals surface area contributed by atoms with E-state index in [-0.39, 0.29) is 17.8 Å². The minimum Gasteiger partial charge on any atom is -0.258 e. The summed E-state index contributed by atoms with van der Waals surface area (Å²) in [5.74, 6) is 0. The van der Waals surface area contributed by atoms with Crippen molar-refractivity contribution >= 4 is 31.4 Å². The molecule has 0 unspecified atom stereocenters. The average molecular weight is 520 g/mol. The van der Waals surface area contributed by atoms with Gasteiger partial charge in [-0.1, -0.05) is 34.0 Å². The third kappa shape index (κ3) is 5.70. The monoisotopic (exact) mass is 519 g/mol. The Balaban J connectivity index is 2.06. The van der Waals surface area contributed by atoms with Gasteiger partial charge < -0.3 is 0 Å². The molecule has 0 amide bonds. The Bertz CT molecular complexity index is 1340. The summed E-state index contributed by atoms with van der Waals surface area (Å²) in [5, 5.41) is 21.9. The van der Waals surface area contributed by atoms with E-state index in [0.717, 1.165) is 54.1 Å². The number of hydrogen-bond donors (Lipinski definition) is 0. The van der Waals surface area contributed by atoms with Crippen LogP contribution in [0.3, 0.4) is 0 Å². The van der Waals surface area contributed by atoms with Gasteiger partial charge >= 0.3 is 0 Å². The third-order valence-electron chi connectivity index (χ3n) is 5.22. The summed E-state index contributed by atoms with van der Waals surface area (Å²) in [6.45, 7) is 1.44. The molecule has 0 aliphatic heterocycles. The van der Waals surface area contributed by atoms with E-state index in [1.807, 2.05) is 18.2 Å². The number of rotatable bonds is 10. The summed E-state index contributed by atoms with van der Waals surface area (Å²) >= 11 is 0. The van der Waals surface area contributed by atoms with Crippen molar-refractivity contribution in [3.8, 4) is 0 Å². The van der Waals surface area contributed by atoms with Crippen LogP contribution in [0.25, 0.3) is 0 Å². The number of non-ortho nitro benzene ring substituents is 2. The molecule has 3 aromatic rings. The van der Waals surface area contributed by atoms with Gasteiger partial charge in [-0.3, -0.25) is 20.2 Å². The molecule has 11 nitrogen and oxygen atoms in total. The molecular formula is C22H21N3O8S2. The Morgan fingerprint density at radius 2 is 1.11 bits per heavy atom. The molecule has 0 aliphatic carbocycles. The van der Waals surface area contributed by atoms with Crippen LogP contribution in [0.1, 0.15) is 18.9 Å². The molecule has 0 saturated heterocycles. The number of sulfonamides is 2. The van der Waals surface area contributed by atoms with Gasteiger partial charge in [0.15, 0.2) is 0 Å². The van der Waals surface area contributed by atoms with E-state index in [9.17, 15) is 37.1 Å². The van der Waals surface area contributed by atoms with Crippen LogP contribution in [0.15, 0.2) is 88.7 Å². The zero-order valence-electron chi connectivity index (χ0n) is 18.4. The predicted octanol–water partition coefficient (Wildman–Crippen LogP) is 3.90. The Morgan fingerprint density at radius 3 is 1.49 bits per heavy atom. The number of nitro groups is 2. The molecule has 3 rings (SSSR count). The van der Waals surface area contributed by atoms with E-state index in [1.165, 1.54) is 6.92 Å². The predicted molar refractivity (Wildman–Crippen MR) is 127 cm³/mol. The van der Waals surface area contributed by atoms with Crippen molar-refractivity contribution in [1.82, 2.24) is 3.71 Å². The number of benzene rings is 3. The molecule has 0 saturated carbocycles. The summed E-state index contributed by atoms with van der Waals surface area (Å²) < 4.78 is 54.5. The summed E-state index contributed by atoms with van der Waals surface area (Å²) in [5.41, 5.74) is 0.163. The second-order valence-corrected chi connectivity index (χ2v) is 11.5. The molecule has 0 N–H and O–H groups in total. The number of aryl methyl sites for hydroxylation is 1. The molecule has 3 aromatic carbocycles. The van der Waals surface area contributed by atoms with Crippen molar-refractivity contribution in [3.63, 3.8) is 0 Å². The van der Waals surface area contributed by atoms with Gasteiger partial charge in [0.05, 0.1) is 19.6 Å². The van der Waals surface area contributed by atoms with Crippen LogP contribution < -0.4 is 0 Å². The van der Waals surface area contributed by atoms with Crippen LogP contribution in [0.5, 0.6) is 0 Å². The van der Waals surface area contributed by atoms with Gasteiger partial charge in [0.25, 0.3) is 31.4 Å². The van der Waals surface area contributed by atoms with E-state index in [2.05, 4.69) is 0 Å². The standard InChI is InChI=1S/C22H21N3O8S2/c1-17(7-8-18-5-3-2-4-6-18)25(34(30,31)21-13-9-19(10-14-21)23(26)27)35(32,33)22-15-11-20(12-16-22)24(28)29/h2-6,9-17H,7-8H2,1H3/t17-/m1/s1. The van der Waals surface area contributed by atoms with E-state index >= 15 is 0 Å². The fraction of sp³-hybridized carbons (Fsp3) is 0.182. The molecule has 0 aliphatic rings. The summed E-state index contributed by atoms with van der Waals surface area (Å²) in [7, 11) is -9.38. The lowest BCUT2D eigenvalue weighted by Gasteiger charge is -2.28. The minimum absolute atomic E-state index is 0.141. The van der Waals surface area contributed by atoms with Crippen LogP contribution in [-0.2, 0) is 26.5 Å². The maximum Gasteiger partial charge on any atom is 0.269 e. The van der Waals surface area contributed by atoms with Gasteiger partial charge in [0.2, 0.25) is 0 Å². The second kappa shape index (κ2) is 10.3. The molecule has 184 valence electrons. The molecule has 0 spiro atoms. The summed E-state index contributed by atoms with van der Waals surface area (Å²) in [6.07, 6.45) is 0.520. The van der Waals surface area contributed by atoms with Gasteiger partial charge in [-0.2, -0.15) is 0 Å². The van der Waals surface area contributed by atoms with E-state index in [4.69, 9.17) is 0 Å². The van der Waals surface area contributed by atoms with Gasteiger partial charge in [-0.15, -0.1) is 0 Å². The Labute approximate surface area is 202 Å². The lowest BCUT2D eigenvalue weighted by molar-refractivity contribution is -0.385. The minimum atomic E-state index is -4.69. The fourth-order valence-electron chi connectivity index (χ4n) is 3.42. The quantitative estimate of drug-likeness (QED) is 0.288. The zero-order chi connectivity index (χ0) is 25.8. The highest BCUT2D eigenvalue weighted by Gasteiger charge is 2.40. The number of nitrogens with zero attached hydrogens (tertiary/aromatic N) is 3. The van der Waals surface area contributed by atoms with Crippen LogP contribution >= 0.6 is 0 Å². The van der Waals surface area contributed by atoms with E-state index in [1.54, 1.807) is 12.1 Å². The van der Waals surface area contributed by atoms with E-state index < -0.39 is 45.7 Å². The molecule has 13 heteroatoms. The van der Waals surface area contributed by atoms with Crippen molar-refractivity contribution < 1.29 is 26.7 Å². The normalized spacial score (nSPS) is 12.9. The highest BCUT2D eigenvalue weighted by atomic mass is 32.3. The Kier molecular flexibility index (Phi) is 7.63. The average Bonchev–Trinajstić information content (AvgIpc) is 2.83. The van der Waals surface area contributed by atoms with Crippen LogP contribution in [0.4, 0.5) is 11.4 Å². The van der Waals surface area contributed by atoms with Crippen molar-refractivity contribution in [2.45, 2.75) is 35.6 Å². The van der Waals surface area contributed by atoms with Gasteiger partial charge in [-0.05, 0) is 49.6 Å². The molecule has 0 radical (unpaired) electrons. The lowest BCUT2D eigenvalue weighted by Crippen LogP contribution is -2.43. The fourth-order valence-corrected chi connectivity index (χ4v) is 7.50. The highest BCUT2D eigenvalue weighted by molar-refractivity contribution is 8.04. The molecule has 35 heavy (non-hydrogen) atoms. The van der Waals surface area contributed by atoms with Crippen LogP contribution in [0.2, 0.25) is 0 Å². The van der Waals surface area contributed by atoms with Gasteiger partial charge in [0, 0.05) is 30.3 Å². The van der Waals surface area contributed by atoms with Crippen molar-refractivity contribution in [2.75, 3.05) is 0 Å². The van der Waals surface area contributed by atoms with E-state index in [0.29, 0.717) is 10.1 Å². The molecule has 0 bridgehead atoms. The largest absolute Gasteiger partial charge is 0.269 e. The summed E-state index contributed by atoms with van der Waals surface area (Å²) in [6, 6.07) is 15.8. The zero-order valence-corrected chi connectivity index (χ0v) is 20.1. The molecule has 1 atom stereocenters. The lowest BCUT2D eigenvalue weighted by atomic mass is 10.1. The molecule has 0 heterocycles. The molecule has 0 aromatic heterocycles. The maximum absolute atomic E-state index is 13.5. The number of hydrogen-bond acceptors (Lipinski definition) is 8. The van der Waals surface area contributed by atoms with Crippen molar-refractivity contribution in [2.24, 2.45) is 0 Å². The van der Waals surface area contributed by atoms with Crippen LogP contribution in [0, 0.1) is 20.2 Å². The smallest absolute Gasteiger partial charge is 0.258 e. The highest BCUT2D eigenvalue weighted by Crippen LogP contribution is 2.30.